The number of aryl methyl sites for hydroxylation is 1. The van der Waals surface area contributed by atoms with Crippen molar-refractivity contribution < 1.29 is 32.0 Å². The van der Waals surface area contributed by atoms with Gasteiger partial charge in [0.25, 0.3) is 0 Å². The van der Waals surface area contributed by atoms with Gasteiger partial charge in [-0.1, -0.05) is 12.1 Å². The molecule has 0 aliphatic carbocycles. The van der Waals surface area contributed by atoms with Crippen LogP contribution < -0.4 is 10.2 Å². The minimum atomic E-state index is -4.55. The van der Waals surface area contributed by atoms with Crippen LogP contribution in [0.4, 0.5) is 13.2 Å². The van der Waals surface area contributed by atoms with Crippen molar-refractivity contribution in [3.63, 3.8) is 0 Å². The summed E-state index contributed by atoms with van der Waals surface area (Å²) in [5, 5.41) is 0. The van der Waals surface area contributed by atoms with Crippen LogP contribution in [0.25, 0.3) is 16.8 Å². The monoisotopic (exact) mass is 462 g/mol. The van der Waals surface area contributed by atoms with E-state index in [0.717, 1.165) is 6.07 Å². The van der Waals surface area contributed by atoms with Gasteiger partial charge < -0.3 is 23.2 Å². The molecule has 0 bridgehead atoms. The van der Waals surface area contributed by atoms with Crippen LogP contribution in [0.3, 0.4) is 0 Å². The quantitative estimate of drug-likeness (QED) is 0.410. The lowest BCUT2D eigenvalue weighted by molar-refractivity contribution is -0.136. The molecule has 0 radical (unpaired) electrons. The van der Waals surface area contributed by atoms with Crippen LogP contribution in [0, 0.1) is 6.92 Å². The molecule has 0 saturated carbocycles. The SMILES string of the molecule is COCOc1cc(-c2cc(C(F)(F)F)c3nc(C)cn3c2)ccc1B1OC(C)(C)C(C)(C)O1. The second-order valence-electron chi connectivity index (χ2n) is 9.15. The summed E-state index contributed by atoms with van der Waals surface area (Å²) in [6, 6.07) is 6.25. The Morgan fingerprint density at radius 1 is 1.03 bits per heavy atom. The molecule has 6 nitrogen and oxygen atoms in total. The van der Waals surface area contributed by atoms with Crippen LogP contribution in [0.1, 0.15) is 39.0 Å². The van der Waals surface area contributed by atoms with E-state index in [1.54, 1.807) is 37.5 Å². The van der Waals surface area contributed by atoms with Crippen LogP contribution in [0.5, 0.6) is 5.75 Å². The van der Waals surface area contributed by atoms with E-state index < -0.39 is 30.1 Å². The first kappa shape index (κ1) is 23.6. The zero-order chi connectivity index (χ0) is 24.2. The zero-order valence-electron chi connectivity index (χ0n) is 19.4. The fourth-order valence-electron chi connectivity index (χ4n) is 3.71. The van der Waals surface area contributed by atoms with Crippen molar-refractivity contribution in [2.24, 2.45) is 0 Å². The molecule has 1 saturated heterocycles. The molecule has 3 heterocycles. The van der Waals surface area contributed by atoms with E-state index in [1.165, 1.54) is 11.5 Å². The Balaban J connectivity index is 1.81. The number of methoxy groups -OCH3 is 1. The Morgan fingerprint density at radius 2 is 1.70 bits per heavy atom. The second-order valence-corrected chi connectivity index (χ2v) is 9.15. The lowest BCUT2D eigenvalue weighted by Crippen LogP contribution is -2.41. The fraction of sp³-hybridized carbons (Fsp3) is 0.435. The van der Waals surface area contributed by atoms with Crippen molar-refractivity contribution in [1.29, 1.82) is 0 Å². The molecule has 1 fully saturated rings. The smallest absolute Gasteiger partial charge is 0.468 e. The van der Waals surface area contributed by atoms with Gasteiger partial charge in [0.1, 0.15) is 11.4 Å². The van der Waals surface area contributed by atoms with Crippen LogP contribution in [0.15, 0.2) is 36.7 Å². The van der Waals surface area contributed by atoms with Crippen molar-refractivity contribution in [2.75, 3.05) is 13.9 Å². The maximum Gasteiger partial charge on any atom is 0.498 e. The van der Waals surface area contributed by atoms with Crippen molar-refractivity contribution in [1.82, 2.24) is 9.38 Å². The number of nitrogens with zero attached hydrogens (tertiary/aromatic N) is 2. The minimum absolute atomic E-state index is 0.0382. The molecule has 176 valence electrons. The largest absolute Gasteiger partial charge is 0.498 e. The van der Waals surface area contributed by atoms with E-state index in [1.807, 2.05) is 27.7 Å². The second kappa shape index (κ2) is 8.04. The lowest BCUT2D eigenvalue weighted by atomic mass is 9.77. The molecule has 10 heteroatoms. The molecule has 0 amide bonds. The summed E-state index contributed by atoms with van der Waals surface area (Å²) in [4.78, 5) is 4.03. The topological polar surface area (TPSA) is 54.2 Å². The van der Waals surface area contributed by atoms with E-state index in [-0.39, 0.29) is 12.4 Å². The third kappa shape index (κ3) is 4.35. The molecule has 1 aliphatic heterocycles. The average Bonchev–Trinajstić information content (AvgIpc) is 3.19. The number of alkyl halides is 3. The number of aromatic nitrogens is 2. The summed E-state index contributed by atoms with van der Waals surface area (Å²) in [6.07, 6.45) is -1.36. The number of hydrogen-bond donors (Lipinski definition) is 0. The van der Waals surface area contributed by atoms with Gasteiger partial charge in [-0.2, -0.15) is 13.2 Å². The molecular formula is C23H26BF3N2O4. The summed E-state index contributed by atoms with van der Waals surface area (Å²) in [5.41, 5.74) is -0.00403. The highest BCUT2D eigenvalue weighted by molar-refractivity contribution is 6.63. The average molecular weight is 462 g/mol. The van der Waals surface area contributed by atoms with Crippen LogP contribution in [0.2, 0.25) is 0 Å². The molecule has 1 aromatic carbocycles. The normalized spacial score (nSPS) is 17.7. The molecule has 0 atom stereocenters. The molecule has 0 unspecified atom stereocenters. The Hall–Kier alpha value is -2.56. The van der Waals surface area contributed by atoms with Crippen LogP contribution in [-0.2, 0) is 20.2 Å². The Morgan fingerprint density at radius 3 is 2.30 bits per heavy atom. The lowest BCUT2D eigenvalue weighted by Gasteiger charge is -2.32. The van der Waals surface area contributed by atoms with Gasteiger partial charge in [-0.05, 0) is 57.9 Å². The molecular weight excluding hydrogens is 436 g/mol. The third-order valence-corrected chi connectivity index (χ3v) is 6.16. The highest BCUT2D eigenvalue weighted by Crippen LogP contribution is 2.38. The number of ether oxygens (including phenoxy) is 2. The first-order valence-electron chi connectivity index (χ1n) is 10.5. The van der Waals surface area contributed by atoms with Gasteiger partial charge in [0.05, 0.1) is 22.5 Å². The number of fused-ring (bicyclic) bond motifs is 1. The number of imidazole rings is 1. The van der Waals surface area contributed by atoms with Crippen molar-refractivity contribution in [3.05, 3.63) is 47.9 Å². The number of hydrogen-bond acceptors (Lipinski definition) is 5. The van der Waals surface area contributed by atoms with Gasteiger partial charge in [0.2, 0.25) is 0 Å². The van der Waals surface area contributed by atoms with Crippen molar-refractivity contribution in [2.45, 2.75) is 52.0 Å². The molecule has 3 aromatic rings. The summed E-state index contributed by atoms with van der Waals surface area (Å²) < 4.78 is 65.7. The van der Waals surface area contributed by atoms with Crippen molar-refractivity contribution >= 4 is 18.2 Å². The first-order chi connectivity index (χ1) is 15.3. The zero-order valence-corrected chi connectivity index (χ0v) is 19.4. The summed E-state index contributed by atoms with van der Waals surface area (Å²) in [6.45, 7) is 9.39. The number of rotatable bonds is 5. The highest BCUT2D eigenvalue weighted by atomic mass is 19.4. The molecule has 0 N–H and O–H groups in total. The first-order valence-corrected chi connectivity index (χ1v) is 10.5. The van der Waals surface area contributed by atoms with E-state index in [0.29, 0.717) is 28.0 Å². The van der Waals surface area contributed by atoms with E-state index in [2.05, 4.69) is 4.98 Å². The van der Waals surface area contributed by atoms with Crippen LogP contribution >= 0.6 is 0 Å². The van der Waals surface area contributed by atoms with E-state index in [4.69, 9.17) is 18.8 Å². The predicted molar refractivity (Wildman–Crippen MR) is 119 cm³/mol. The maximum atomic E-state index is 13.8. The number of pyridine rings is 1. The standard InChI is InChI=1S/C23H26BF3N2O4/c1-14-11-29-12-16(9-17(20(29)28-14)23(25,26)27)15-7-8-18(19(10-15)31-13-30-6)24-32-21(2,3)22(4,5)33-24/h7-12H,13H2,1-6H3. The summed E-state index contributed by atoms with van der Waals surface area (Å²) in [7, 11) is 0.795. The van der Waals surface area contributed by atoms with Gasteiger partial charge in [0, 0.05) is 25.0 Å². The summed E-state index contributed by atoms with van der Waals surface area (Å²) in [5.74, 6) is 0.406. The van der Waals surface area contributed by atoms with E-state index >= 15 is 0 Å². The molecule has 1 aliphatic rings. The summed E-state index contributed by atoms with van der Waals surface area (Å²) >= 11 is 0. The molecule has 0 spiro atoms. The highest BCUT2D eigenvalue weighted by Gasteiger charge is 2.52. The Kier molecular flexibility index (Phi) is 5.75. The van der Waals surface area contributed by atoms with Gasteiger partial charge in [-0.25, -0.2) is 4.98 Å². The fourth-order valence-corrected chi connectivity index (χ4v) is 3.71. The molecule has 33 heavy (non-hydrogen) atoms. The Bertz CT molecular complexity index is 1170. The number of halogens is 3. The molecule has 2 aromatic heterocycles. The van der Waals surface area contributed by atoms with Crippen LogP contribution in [-0.4, -0.2) is 41.6 Å². The Labute approximate surface area is 190 Å². The minimum Gasteiger partial charge on any atom is -0.468 e. The maximum absolute atomic E-state index is 13.8. The molecule has 4 rings (SSSR count). The third-order valence-electron chi connectivity index (χ3n) is 6.16. The predicted octanol–water partition coefficient (Wildman–Crippen LogP) is 4.61. The van der Waals surface area contributed by atoms with Crippen molar-refractivity contribution in [3.8, 4) is 16.9 Å². The number of benzene rings is 1. The van der Waals surface area contributed by atoms with Gasteiger partial charge >= 0.3 is 13.3 Å². The van der Waals surface area contributed by atoms with Gasteiger partial charge in [0.15, 0.2) is 6.79 Å². The van der Waals surface area contributed by atoms with Gasteiger partial charge in [-0.15, -0.1) is 0 Å². The van der Waals surface area contributed by atoms with E-state index in [9.17, 15) is 13.2 Å². The van der Waals surface area contributed by atoms with Gasteiger partial charge in [-0.3, -0.25) is 0 Å².